The molecule has 1 aromatic carbocycles. The summed E-state index contributed by atoms with van der Waals surface area (Å²) < 4.78 is 0. The average Bonchev–Trinajstić information content (AvgIpc) is 2.52. The van der Waals surface area contributed by atoms with Crippen molar-refractivity contribution in [3.63, 3.8) is 0 Å². The minimum absolute atomic E-state index is 0.0471. The van der Waals surface area contributed by atoms with Crippen molar-refractivity contribution in [3.05, 3.63) is 62.9 Å². The Morgan fingerprint density at radius 1 is 0.963 bits per heavy atom. The lowest BCUT2D eigenvalue weighted by Crippen LogP contribution is -2.41. The normalized spacial score (nSPS) is 22.0. The zero-order chi connectivity index (χ0) is 19.9. The van der Waals surface area contributed by atoms with Crippen LogP contribution in [-0.4, -0.2) is 23.4 Å². The maximum absolute atomic E-state index is 12.6. The lowest BCUT2D eigenvalue weighted by molar-refractivity contribution is -0.129. The SMILES string of the molecule is CC1=CC(=O)/C(=C(/c2ccc(Cl)cc2Cl)C2C(=O)C=C(C)NC2=O)C(=O)N1. The molecule has 0 bridgehead atoms. The molecule has 0 fully saturated rings. The molecule has 138 valence electrons. The average molecular weight is 405 g/mol. The fourth-order valence-corrected chi connectivity index (χ4v) is 3.57. The number of benzene rings is 1. The maximum Gasteiger partial charge on any atom is 0.259 e. The van der Waals surface area contributed by atoms with Crippen LogP contribution in [0.4, 0.5) is 0 Å². The minimum Gasteiger partial charge on any atom is -0.329 e. The Morgan fingerprint density at radius 2 is 1.63 bits per heavy atom. The molecule has 1 atom stereocenters. The van der Waals surface area contributed by atoms with Crippen molar-refractivity contribution in [2.24, 2.45) is 5.92 Å². The molecule has 2 aliphatic heterocycles. The zero-order valence-electron chi connectivity index (χ0n) is 14.4. The molecule has 2 N–H and O–H groups in total. The summed E-state index contributed by atoms with van der Waals surface area (Å²) in [6, 6.07) is 4.39. The smallest absolute Gasteiger partial charge is 0.259 e. The van der Waals surface area contributed by atoms with E-state index in [4.69, 9.17) is 23.2 Å². The highest BCUT2D eigenvalue weighted by Gasteiger charge is 2.39. The molecule has 3 rings (SSSR count). The summed E-state index contributed by atoms with van der Waals surface area (Å²) in [6.45, 7) is 3.13. The van der Waals surface area contributed by atoms with Gasteiger partial charge in [0.2, 0.25) is 5.91 Å². The van der Waals surface area contributed by atoms with Crippen LogP contribution in [0.3, 0.4) is 0 Å². The predicted octanol–water partition coefficient (Wildman–Crippen LogP) is 2.57. The number of nitrogens with one attached hydrogen (secondary N) is 2. The van der Waals surface area contributed by atoms with Gasteiger partial charge in [-0.3, -0.25) is 19.2 Å². The van der Waals surface area contributed by atoms with E-state index < -0.39 is 29.3 Å². The van der Waals surface area contributed by atoms with Crippen LogP contribution in [0.1, 0.15) is 19.4 Å². The summed E-state index contributed by atoms with van der Waals surface area (Å²) in [5, 5.41) is 5.54. The molecule has 8 heteroatoms. The predicted molar refractivity (Wildman–Crippen MR) is 101 cm³/mol. The summed E-state index contributed by atoms with van der Waals surface area (Å²) in [7, 11) is 0. The highest BCUT2D eigenvalue weighted by molar-refractivity contribution is 6.38. The molecule has 2 heterocycles. The first-order chi connectivity index (χ1) is 12.7. The third-order valence-corrected chi connectivity index (χ3v) is 4.68. The molecule has 0 radical (unpaired) electrons. The first-order valence-electron chi connectivity index (χ1n) is 7.95. The molecule has 0 saturated heterocycles. The van der Waals surface area contributed by atoms with Gasteiger partial charge in [0.1, 0.15) is 5.92 Å². The molecule has 0 spiro atoms. The highest BCUT2D eigenvalue weighted by Crippen LogP contribution is 2.37. The number of carbonyl (C=O) groups is 4. The third kappa shape index (κ3) is 3.59. The van der Waals surface area contributed by atoms with E-state index in [2.05, 4.69) is 10.6 Å². The molecule has 0 aromatic heterocycles. The molecule has 1 unspecified atom stereocenters. The van der Waals surface area contributed by atoms with Crippen LogP contribution >= 0.6 is 23.2 Å². The van der Waals surface area contributed by atoms with Gasteiger partial charge < -0.3 is 10.6 Å². The topological polar surface area (TPSA) is 92.3 Å². The van der Waals surface area contributed by atoms with Crippen LogP contribution in [-0.2, 0) is 19.2 Å². The molecular weight excluding hydrogens is 391 g/mol. The highest BCUT2D eigenvalue weighted by atomic mass is 35.5. The number of rotatable bonds is 2. The largest absolute Gasteiger partial charge is 0.329 e. The summed E-state index contributed by atoms with van der Waals surface area (Å²) >= 11 is 12.2. The molecule has 6 nitrogen and oxygen atoms in total. The van der Waals surface area contributed by atoms with Gasteiger partial charge in [-0.1, -0.05) is 29.3 Å². The van der Waals surface area contributed by atoms with Crippen molar-refractivity contribution in [2.75, 3.05) is 0 Å². The Hall–Kier alpha value is -2.70. The summed E-state index contributed by atoms with van der Waals surface area (Å²) in [4.78, 5) is 50.4. The van der Waals surface area contributed by atoms with Gasteiger partial charge in [0.25, 0.3) is 5.91 Å². The monoisotopic (exact) mass is 404 g/mol. The maximum atomic E-state index is 12.6. The first kappa shape index (κ1) is 19.1. The van der Waals surface area contributed by atoms with Gasteiger partial charge in [0, 0.05) is 33.6 Å². The number of hydrogen-bond acceptors (Lipinski definition) is 4. The van der Waals surface area contributed by atoms with Crippen molar-refractivity contribution >= 4 is 52.2 Å². The number of halogens is 2. The van der Waals surface area contributed by atoms with Gasteiger partial charge in [-0.25, -0.2) is 0 Å². The minimum atomic E-state index is -1.39. The van der Waals surface area contributed by atoms with Crippen molar-refractivity contribution < 1.29 is 19.2 Å². The van der Waals surface area contributed by atoms with E-state index in [0.717, 1.165) is 0 Å². The third-order valence-electron chi connectivity index (χ3n) is 4.14. The quantitative estimate of drug-likeness (QED) is 0.450. The van der Waals surface area contributed by atoms with E-state index in [1.165, 1.54) is 30.4 Å². The van der Waals surface area contributed by atoms with Gasteiger partial charge in [-0.15, -0.1) is 0 Å². The second kappa shape index (κ2) is 7.13. The standard InChI is InChI=1S/C19H14Cl2N2O4/c1-8-5-13(24)16(18(26)22-8)15(11-4-3-10(20)7-12(11)21)17-14(25)6-9(2)23-19(17)27/h3-7,16H,1-2H3,(H,22,26)(H,23,27)/b17-15+. The van der Waals surface area contributed by atoms with Crippen LogP contribution in [0.15, 0.2) is 47.3 Å². The second-order valence-electron chi connectivity index (χ2n) is 6.21. The number of hydrogen-bond donors (Lipinski definition) is 2. The van der Waals surface area contributed by atoms with Gasteiger partial charge >= 0.3 is 0 Å². The van der Waals surface area contributed by atoms with Gasteiger partial charge in [-0.05, 0) is 37.1 Å². The molecule has 2 amide bonds. The number of amides is 2. The first-order valence-corrected chi connectivity index (χ1v) is 8.71. The fraction of sp³-hybridized carbons (Fsp3) is 0.158. The molecule has 27 heavy (non-hydrogen) atoms. The van der Waals surface area contributed by atoms with Crippen LogP contribution in [0.2, 0.25) is 10.0 Å². The Morgan fingerprint density at radius 3 is 2.22 bits per heavy atom. The number of allylic oxidation sites excluding steroid dienone is 4. The Kier molecular flexibility index (Phi) is 5.04. The summed E-state index contributed by atoms with van der Waals surface area (Å²) in [6.07, 6.45) is 2.48. The molecule has 1 aromatic rings. The van der Waals surface area contributed by atoms with Crippen LogP contribution in [0, 0.1) is 5.92 Å². The van der Waals surface area contributed by atoms with E-state index >= 15 is 0 Å². The fourth-order valence-electron chi connectivity index (χ4n) is 3.06. The van der Waals surface area contributed by atoms with Crippen molar-refractivity contribution in [1.82, 2.24) is 10.6 Å². The van der Waals surface area contributed by atoms with Crippen LogP contribution < -0.4 is 10.6 Å². The van der Waals surface area contributed by atoms with Crippen LogP contribution in [0.5, 0.6) is 0 Å². The summed E-state index contributed by atoms with van der Waals surface area (Å²) in [5.41, 5.74) is 0.614. The van der Waals surface area contributed by atoms with E-state index in [9.17, 15) is 19.2 Å². The van der Waals surface area contributed by atoms with Crippen LogP contribution in [0.25, 0.3) is 5.57 Å². The molecule has 0 saturated carbocycles. The Bertz CT molecular complexity index is 1000. The number of ketones is 2. The van der Waals surface area contributed by atoms with Crippen molar-refractivity contribution in [3.8, 4) is 0 Å². The number of carbonyl (C=O) groups excluding carboxylic acids is 4. The Labute approximate surface area is 164 Å². The van der Waals surface area contributed by atoms with E-state index in [0.29, 0.717) is 16.4 Å². The molecular formula is C19H14Cl2N2O4. The lowest BCUT2D eigenvalue weighted by atomic mass is 9.81. The van der Waals surface area contributed by atoms with Crippen molar-refractivity contribution in [1.29, 1.82) is 0 Å². The lowest BCUT2D eigenvalue weighted by Gasteiger charge is -2.26. The molecule has 2 aliphatic rings. The second-order valence-corrected chi connectivity index (χ2v) is 7.05. The van der Waals surface area contributed by atoms with E-state index in [1.807, 2.05) is 0 Å². The van der Waals surface area contributed by atoms with E-state index in [1.54, 1.807) is 13.8 Å². The summed E-state index contributed by atoms with van der Waals surface area (Å²) in [5.74, 6) is -3.88. The van der Waals surface area contributed by atoms with Gasteiger partial charge in [0.15, 0.2) is 11.6 Å². The van der Waals surface area contributed by atoms with Gasteiger partial charge in [-0.2, -0.15) is 0 Å². The van der Waals surface area contributed by atoms with Gasteiger partial charge in [0.05, 0.1) is 5.57 Å². The Balaban J connectivity index is 2.33. The molecule has 0 aliphatic carbocycles. The zero-order valence-corrected chi connectivity index (χ0v) is 15.9. The van der Waals surface area contributed by atoms with E-state index in [-0.39, 0.29) is 21.7 Å². The van der Waals surface area contributed by atoms with Crippen molar-refractivity contribution in [2.45, 2.75) is 13.8 Å².